The molecule has 72 heavy (non-hydrogen) atoms. The van der Waals surface area contributed by atoms with E-state index in [1.807, 2.05) is 0 Å². The number of rotatable bonds is 9. The Hall–Kier alpha value is -6.68. The summed E-state index contributed by atoms with van der Waals surface area (Å²) >= 11 is 0. The summed E-state index contributed by atoms with van der Waals surface area (Å²) in [7, 11) is 0. The number of ether oxygens (including phenoxy) is 2. The van der Waals surface area contributed by atoms with Crippen LogP contribution < -0.4 is 11.1 Å². The lowest BCUT2D eigenvalue weighted by atomic mass is 10.0. The highest BCUT2D eigenvalue weighted by Gasteiger charge is 2.58. The number of pyridine rings is 1. The zero-order chi connectivity index (χ0) is 53.2. The van der Waals surface area contributed by atoms with Crippen LogP contribution in [0, 0.1) is 37.0 Å². The van der Waals surface area contributed by atoms with Crippen LogP contribution in [0.5, 0.6) is 0 Å². The van der Waals surface area contributed by atoms with Gasteiger partial charge in [0.2, 0.25) is 5.78 Å². The van der Waals surface area contributed by atoms with Gasteiger partial charge in [0.25, 0.3) is 11.1 Å². The molecular weight excluding hydrogens is 1020 g/mol. The van der Waals surface area contributed by atoms with Crippen LogP contribution in [0.25, 0.3) is 33.7 Å². The van der Waals surface area contributed by atoms with E-state index in [1.165, 1.54) is 30.0 Å². The van der Waals surface area contributed by atoms with Crippen molar-refractivity contribution < 1.29 is 84.8 Å². The van der Waals surface area contributed by atoms with Crippen molar-refractivity contribution in [3.05, 3.63) is 99.3 Å². The second-order valence-electron chi connectivity index (χ2n) is 15.7. The Kier molecular flexibility index (Phi) is 17.4. The van der Waals surface area contributed by atoms with E-state index in [-0.39, 0.29) is 40.7 Å². The highest BCUT2D eigenvalue weighted by atomic mass is 19.4. The molecule has 0 amide bonds. The van der Waals surface area contributed by atoms with Gasteiger partial charge in [-0.05, 0) is 19.9 Å². The first kappa shape index (κ1) is 57.9. The maximum absolute atomic E-state index is 13.8. The number of aromatic nitrogens is 9. The Morgan fingerprint density at radius 1 is 0.750 bits per heavy atom. The predicted molar refractivity (Wildman–Crippen MR) is 220 cm³/mol. The zero-order valence-electron chi connectivity index (χ0n) is 36.3. The van der Waals surface area contributed by atoms with Crippen LogP contribution in [0.1, 0.15) is 30.1 Å². The molecule has 0 spiro atoms. The van der Waals surface area contributed by atoms with Gasteiger partial charge in [-0.1, -0.05) is 14.0 Å². The van der Waals surface area contributed by atoms with E-state index in [0.29, 0.717) is 68.0 Å². The summed E-state index contributed by atoms with van der Waals surface area (Å²) in [4.78, 5) is 31.7. The monoisotopic (exact) mass is 1060 g/mol. The fraction of sp³-hybridized carbons (Fsp3) is 0.463. The lowest BCUT2D eigenvalue weighted by Gasteiger charge is -2.26. The molecule has 2 fully saturated rings. The fourth-order valence-corrected chi connectivity index (χ4v) is 6.50. The molecule has 2 saturated heterocycles. The normalized spacial score (nSPS) is 14.7. The number of aryl methyl sites for hydroxylation is 2. The first-order valence-corrected chi connectivity index (χ1v) is 20.0. The molecule has 6 aromatic rings. The van der Waals surface area contributed by atoms with Crippen molar-refractivity contribution >= 4 is 11.4 Å². The molecule has 0 unspecified atom stereocenters. The van der Waals surface area contributed by atoms with Crippen molar-refractivity contribution in [2.24, 2.45) is 11.8 Å². The predicted octanol–water partition coefficient (Wildman–Crippen LogP) is 8.50. The summed E-state index contributed by atoms with van der Waals surface area (Å²) in [5.41, 5.74) is -7.66. The average molecular weight is 1060 g/mol. The number of aromatic amines is 1. The van der Waals surface area contributed by atoms with Gasteiger partial charge in [0.15, 0.2) is 5.69 Å². The second kappa shape index (κ2) is 21.6. The molecule has 0 radical (unpaired) electrons. The lowest BCUT2D eigenvalue weighted by molar-refractivity contribution is -0.287. The molecule has 0 atom stereocenters. The summed E-state index contributed by atoms with van der Waals surface area (Å²) < 4.78 is 222. The summed E-state index contributed by atoms with van der Waals surface area (Å²) in [6, 6.07) is 2.34. The van der Waals surface area contributed by atoms with Crippen molar-refractivity contribution in [2.75, 3.05) is 33.0 Å². The first-order valence-electron chi connectivity index (χ1n) is 20.0. The SMILES string of the molecule is C.C=CC#N.Cc1cn2c(=O)c(-c3cnn(CC(F)(F)C(F)(F)F)c3)c(C(F)(F)F)cc2[nH]1.Cc1cn2c(=O)c(-c3cnn(CC(F)(F)C(F)(F)F)c3)c(C(F)(F)F)nc2n1CC1COC1.OCC1COC1. The van der Waals surface area contributed by atoms with Gasteiger partial charge in [-0.25, -0.2) is 4.98 Å². The Morgan fingerprint density at radius 3 is 1.61 bits per heavy atom. The smallest absolute Gasteiger partial charge is 0.396 e. The van der Waals surface area contributed by atoms with E-state index in [2.05, 4.69) is 26.7 Å². The first-order chi connectivity index (χ1) is 32.7. The van der Waals surface area contributed by atoms with Crippen molar-refractivity contribution in [2.45, 2.75) is 77.5 Å². The minimum absolute atomic E-state index is 0. The molecule has 0 aromatic carbocycles. The molecule has 0 saturated carbocycles. The molecule has 15 nitrogen and oxygen atoms in total. The third kappa shape index (κ3) is 12.9. The highest BCUT2D eigenvalue weighted by Crippen LogP contribution is 2.40. The van der Waals surface area contributed by atoms with Gasteiger partial charge in [0, 0.05) is 71.8 Å². The van der Waals surface area contributed by atoms with Crippen LogP contribution in [0.2, 0.25) is 0 Å². The van der Waals surface area contributed by atoms with E-state index < -0.39 is 94.3 Å². The third-order valence-electron chi connectivity index (χ3n) is 10.1. The number of alkyl halides is 16. The Bertz CT molecular complexity index is 2990. The van der Waals surface area contributed by atoms with E-state index in [0.717, 1.165) is 22.0 Å². The van der Waals surface area contributed by atoms with Gasteiger partial charge in [0.05, 0.1) is 68.2 Å². The zero-order valence-corrected chi connectivity index (χ0v) is 36.3. The Balaban J connectivity index is 0.000000261. The molecule has 31 heteroatoms. The highest BCUT2D eigenvalue weighted by molar-refractivity contribution is 5.69. The number of H-pyrrole nitrogens is 1. The number of aliphatic hydroxyl groups excluding tert-OH is 1. The van der Waals surface area contributed by atoms with Gasteiger partial charge < -0.3 is 24.1 Å². The van der Waals surface area contributed by atoms with Crippen LogP contribution in [0.3, 0.4) is 0 Å². The molecule has 6 aromatic heterocycles. The van der Waals surface area contributed by atoms with Crippen molar-refractivity contribution in [3.63, 3.8) is 0 Å². The molecular formula is C41H40F16N10O5. The fourth-order valence-electron chi connectivity index (χ4n) is 6.50. The van der Waals surface area contributed by atoms with Crippen LogP contribution in [0.15, 0.2) is 65.5 Å². The maximum Gasteiger partial charge on any atom is 0.455 e. The van der Waals surface area contributed by atoms with Gasteiger partial charge in [-0.3, -0.25) is 27.8 Å². The van der Waals surface area contributed by atoms with Crippen LogP contribution >= 0.6 is 0 Å². The van der Waals surface area contributed by atoms with E-state index in [9.17, 15) is 79.8 Å². The van der Waals surface area contributed by atoms with Crippen molar-refractivity contribution in [1.29, 1.82) is 5.26 Å². The number of nitrogens with zero attached hydrogens (tertiary/aromatic N) is 9. The van der Waals surface area contributed by atoms with Gasteiger partial charge >= 0.3 is 36.6 Å². The molecule has 396 valence electrons. The topological polar surface area (TPSA) is 175 Å². The Labute approximate surface area is 394 Å². The quantitative estimate of drug-likeness (QED) is 0.106. The number of nitrogens with one attached hydrogen (secondary N) is 1. The molecule has 0 bridgehead atoms. The number of allylic oxidation sites excluding steroid dienone is 1. The van der Waals surface area contributed by atoms with Crippen LogP contribution in [0.4, 0.5) is 70.2 Å². The number of nitriles is 1. The van der Waals surface area contributed by atoms with E-state index in [1.54, 1.807) is 13.0 Å². The van der Waals surface area contributed by atoms with E-state index in [4.69, 9.17) is 19.8 Å². The molecule has 8 rings (SSSR count). The molecule has 2 N–H and O–H groups in total. The number of hydrogen-bond acceptors (Lipinski definition) is 9. The summed E-state index contributed by atoms with van der Waals surface area (Å²) in [6.45, 7) is 5.16. The Morgan fingerprint density at radius 2 is 1.22 bits per heavy atom. The maximum atomic E-state index is 13.8. The minimum atomic E-state index is -5.89. The van der Waals surface area contributed by atoms with Gasteiger partial charge in [-0.2, -0.15) is 85.7 Å². The third-order valence-corrected chi connectivity index (χ3v) is 10.1. The average Bonchev–Trinajstić information content (AvgIpc) is 4.01. The number of fused-ring (bicyclic) bond motifs is 2. The standard InChI is InChI=1S/C18H15F8N5O2.C15H10F8N4O.C4H8O2.C3H3N.CH4/c1-9-3-31-14(32)12(11-2-27-29(5-11)8-16(19,20)18(24,25)26)13(17(21,22)23)28-15(31)30(9)4-10-6-33-7-10;1-7-4-27-10(25-7)2-9(14(18,19)20)11(12(27)28)8-3-24-26(5-8)6-13(16,17)15(21,22)23;5-1-4-2-6-3-4;1-2-3-4;/h2-3,5,10H,4,6-8H2,1H3;2-5,25H,6H2,1H3;4-5H,1-3H2;2H,1H2;1H4. The van der Waals surface area contributed by atoms with E-state index >= 15 is 0 Å². The largest absolute Gasteiger partial charge is 0.455 e. The van der Waals surface area contributed by atoms with Crippen molar-refractivity contribution in [3.8, 4) is 28.3 Å². The number of imidazole rings is 2. The minimum Gasteiger partial charge on any atom is -0.396 e. The molecule has 0 aliphatic carbocycles. The van der Waals surface area contributed by atoms with Gasteiger partial charge in [-0.15, -0.1) is 0 Å². The molecule has 2 aliphatic heterocycles. The summed E-state index contributed by atoms with van der Waals surface area (Å²) in [5.74, 6) is -10.1. The summed E-state index contributed by atoms with van der Waals surface area (Å²) in [5, 5.41) is 22.4. The number of hydrogen-bond donors (Lipinski definition) is 2. The van der Waals surface area contributed by atoms with Gasteiger partial charge in [0.1, 0.15) is 18.7 Å². The lowest BCUT2D eigenvalue weighted by Crippen LogP contribution is -2.40. The van der Waals surface area contributed by atoms with Crippen LogP contribution in [-0.2, 0) is 41.5 Å². The summed E-state index contributed by atoms with van der Waals surface area (Å²) in [6.07, 6.45) is -15.9. The second-order valence-corrected chi connectivity index (χ2v) is 15.7. The molecule has 8 heterocycles. The number of aliphatic hydroxyl groups is 1. The number of halogens is 16. The van der Waals surface area contributed by atoms with Crippen molar-refractivity contribution in [1.82, 2.24) is 42.9 Å². The molecule has 2 aliphatic rings. The van der Waals surface area contributed by atoms with Crippen LogP contribution in [-0.4, -0.2) is 105 Å².